The second kappa shape index (κ2) is 7.55. The van der Waals surface area contributed by atoms with E-state index in [1.165, 1.54) is 21.7 Å². The summed E-state index contributed by atoms with van der Waals surface area (Å²) in [5.74, 6) is 1.08. The van der Waals surface area contributed by atoms with E-state index in [2.05, 4.69) is 41.8 Å². The second-order valence-corrected chi connectivity index (χ2v) is 8.38. The second-order valence-electron chi connectivity index (χ2n) is 7.20. The molecule has 1 saturated heterocycles. The van der Waals surface area contributed by atoms with Gasteiger partial charge in [0.15, 0.2) is 5.13 Å². The maximum absolute atomic E-state index is 5.74. The van der Waals surface area contributed by atoms with Crippen molar-refractivity contribution in [3.8, 4) is 5.75 Å². The van der Waals surface area contributed by atoms with Gasteiger partial charge in [0.05, 0.1) is 12.3 Å². The van der Waals surface area contributed by atoms with Gasteiger partial charge >= 0.3 is 0 Å². The van der Waals surface area contributed by atoms with Crippen LogP contribution in [0.4, 0.5) is 5.13 Å². The van der Waals surface area contributed by atoms with E-state index in [0.29, 0.717) is 12.6 Å². The highest BCUT2D eigenvalue weighted by atomic mass is 32.1. The molecular weight excluding hydrogens is 344 g/mol. The van der Waals surface area contributed by atoms with Gasteiger partial charge in [-0.2, -0.15) is 0 Å². The summed E-state index contributed by atoms with van der Waals surface area (Å²) in [6.45, 7) is 10.1. The molecule has 0 radical (unpaired) electrons. The molecule has 0 aliphatic carbocycles. The Morgan fingerprint density at radius 2 is 2.08 bits per heavy atom. The van der Waals surface area contributed by atoms with Crippen LogP contribution in [0.25, 0.3) is 0 Å². The molecule has 2 N–H and O–H groups in total. The van der Waals surface area contributed by atoms with Crippen molar-refractivity contribution in [3.05, 3.63) is 39.9 Å². The van der Waals surface area contributed by atoms with Crippen LogP contribution in [0.15, 0.2) is 18.2 Å². The van der Waals surface area contributed by atoms with E-state index < -0.39 is 0 Å². The Morgan fingerprint density at radius 1 is 1.27 bits per heavy atom. The molecule has 0 bridgehead atoms. The van der Waals surface area contributed by atoms with Crippen LogP contribution in [0.2, 0.25) is 0 Å². The molecule has 2 aliphatic heterocycles. The molecule has 0 saturated carbocycles. The molecular formula is C20H28N4OS. The standard InChI is InChI=1S/C20H28N4OS/c1-14(17-4-3-16-6-12-25-19(16)13-17)23-8-10-24(11-9-23)20-22-18(5-7-21)15(2)26-20/h3-4,13-14H,5-12,21H2,1-2H3. The number of ether oxygens (including phenoxy) is 1. The Morgan fingerprint density at radius 3 is 2.85 bits per heavy atom. The number of hydrogen-bond acceptors (Lipinski definition) is 6. The van der Waals surface area contributed by atoms with Gasteiger partial charge in [0.25, 0.3) is 0 Å². The summed E-state index contributed by atoms with van der Waals surface area (Å²) in [5, 5.41) is 1.16. The van der Waals surface area contributed by atoms with Crippen LogP contribution >= 0.6 is 11.3 Å². The molecule has 1 atom stereocenters. The monoisotopic (exact) mass is 372 g/mol. The fraction of sp³-hybridized carbons (Fsp3) is 0.550. The first-order valence-electron chi connectivity index (χ1n) is 9.56. The normalized spacial score (nSPS) is 18.7. The van der Waals surface area contributed by atoms with E-state index in [9.17, 15) is 0 Å². The van der Waals surface area contributed by atoms with E-state index in [-0.39, 0.29) is 0 Å². The Balaban J connectivity index is 1.39. The first-order valence-corrected chi connectivity index (χ1v) is 10.4. The maximum Gasteiger partial charge on any atom is 0.185 e. The molecule has 0 spiro atoms. The molecule has 1 unspecified atom stereocenters. The number of anilines is 1. The lowest BCUT2D eigenvalue weighted by atomic mass is 10.0. The zero-order chi connectivity index (χ0) is 18.1. The van der Waals surface area contributed by atoms with Crippen molar-refractivity contribution in [2.24, 2.45) is 5.73 Å². The molecule has 140 valence electrons. The number of thiazole rings is 1. The average molecular weight is 373 g/mol. The number of aromatic nitrogens is 1. The Bertz CT molecular complexity index is 767. The molecule has 1 aromatic carbocycles. The van der Waals surface area contributed by atoms with Crippen molar-refractivity contribution < 1.29 is 4.74 Å². The van der Waals surface area contributed by atoms with Crippen LogP contribution in [0.1, 0.15) is 34.7 Å². The molecule has 6 heteroatoms. The van der Waals surface area contributed by atoms with Crippen LogP contribution in [0.3, 0.4) is 0 Å². The Hall–Kier alpha value is -1.63. The molecule has 2 aliphatic rings. The number of nitrogens with zero attached hydrogens (tertiary/aromatic N) is 3. The van der Waals surface area contributed by atoms with Gasteiger partial charge in [-0.05, 0) is 37.6 Å². The molecule has 0 amide bonds. The van der Waals surface area contributed by atoms with Crippen molar-refractivity contribution in [1.29, 1.82) is 0 Å². The highest BCUT2D eigenvalue weighted by Gasteiger charge is 2.25. The summed E-state index contributed by atoms with van der Waals surface area (Å²) in [6, 6.07) is 7.16. The first kappa shape index (κ1) is 17.8. The SMILES string of the molecule is Cc1sc(N2CCN(C(C)c3ccc4c(c3)OCC4)CC2)nc1CCN. The van der Waals surface area contributed by atoms with Gasteiger partial charge in [-0.3, -0.25) is 4.90 Å². The summed E-state index contributed by atoms with van der Waals surface area (Å²) < 4.78 is 5.74. The molecule has 5 nitrogen and oxygen atoms in total. The Kier molecular flexibility index (Phi) is 5.16. The minimum absolute atomic E-state index is 0.414. The largest absolute Gasteiger partial charge is 0.493 e. The van der Waals surface area contributed by atoms with Crippen molar-refractivity contribution >= 4 is 16.5 Å². The van der Waals surface area contributed by atoms with Crippen molar-refractivity contribution in [2.45, 2.75) is 32.7 Å². The van der Waals surface area contributed by atoms with Crippen LogP contribution in [-0.2, 0) is 12.8 Å². The van der Waals surface area contributed by atoms with E-state index >= 15 is 0 Å². The van der Waals surface area contributed by atoms with Gasteiger partial charge in [0.1, 0.15) is 5.75 Å². The lowest BCUT2D eigenvalue weighted by molar-refractivity contribution is 0.198. The molecule has 1 aromatic heterocycles. The topological polar surface area (TPSA) is 54.6 Å². The summed E-state index contributed by atoms with van der Waals surface area (Å²) in [4.78, 5) is 11.1. The van der Waals surface area contributed by atoms with Crippen molar-refractivity contribution in [1.82, 2.24) is 9.88 Å². The number of hydrogen-bond donors (Lipinski definition) is 1. The van der Waals surface area contributed by atoms with Crippen LogP contribution in [0.5, 0.6) is 5.75 Å². The van der Waals surface area contributed by atoms with Crippen LogP contribution in [0, 0.1) is 6.92 Å². The predicted octanol–water partition coefficient (Wildman–Crippen LogP) is 2.77. The van der Waals surface area contributed by atoms with Crippen LogP contribution < -0.4 is 15.4 Å². The fourth-order valence-electron chi connectivity index (χ4n) is 3.87. The van der Waals surface area contributed by atoms with Gasteiger partial charge in [-0.25, -0.2) is 4.98 Å². The highest BCUT2D eigenvalue weighted by Crippen LogP contribution is 2.32. The minimum atomic E-state index is 0.414. The number of fused-ring (bicyclic) bond motifs is 1. The number of aryl methyl sites for hydroxylation is 1. The quantitative estimate of drug-likeness (QED) is 0.875. The van der Waals surface area contributed by atoms with Crippen LogP contribution in [-0.4, -0.2) is 49.2 Å². The summed E-state index contributed by atoms with van der Waals surface area (Å²) in [5.41, 5.74) is 9.56. The molecule has 4 rings (SSSR count). The average Bonchev–Trinajstić information content (AvgIpc) is 3.28. The Labute approximate surface area is 159 Å². The summed E-state index contributed by atoms with van der Waals surface area (Å²) in [6.07, 6.45) is 1.92. The summed E-state index contributed by atoms with van der Waals surface area (Å²) >= 11 is 1.80. The number of benzene rings is 1. The van der Waals surface area contributed by atoms with Gasteiger partial charge in [0, 0.05) is 49.9 Å². The van der Waals surface area contributed by atoms with Crippen molar-refractivity contribution in [3.63, 3.8) is 0 Å². The third-order valence-corrected chi connectivity index (χ3v) is 6.67. The van der Waals surface area contributed by atoms with Crippen molar-refractivity contribution in [2.75, 3.05) is 44.2 Å². The summed E-state index contributed by atoms with van der Waals surface area (Å²) in [7, 11) is 0. The fourth-order valence-corrected chi connectivity index (χ4v) is 4.88. The number of piperazine rings is 1. The third-order valence-electron chi connectivity index (χ3n) is 5.60. The van der Waals surface area contributed by atoms with Gasteiger partial charge < -0.3 is 15.4 Å². The number of nitrogens with two attached hydrogens (primary N) is 1. The number of rotatable bonds is 5. The molecule has 1 fully saturated rings. The van der Waals surface area contributed by atoms with E-state index in [1.807, 2.05) is 0 Å². The maximum atomic E-state index is 5.74. The molecule has 2 aromatic rings. The minimum Gasteiger partial charge on any atom is -0.493 e. The third kappa shape index (κ3) is 3.46. The smallest absolute Gasteiger partial charge is 0.185 e. The lowest BCUT2D eigenvalue weighted by Gasteiger charge is -2.38. The van der Waals surface area contributed by atoms with E-state index in [1.54, 1.807) is 11.3 Å². The lowest BCUT2D eigenvalue weighted by Crippen LogP contribution is -2.47. The molecule has 3 heterocycles. The zero-order valence-electron chi connectivity index (χ0n) is 15.7. The van der Waals surface area contributed by atoms with E-state index in [4.69, 9.17) is 15.5 Å². The highest BCUT2D eigenvalue weighted by molar-refractivity contribution is 7.15. The zero-order valence-corrected chi connectivity index (χ0v) is 16.5. The van der Waals surface area contributed by atoms with Gasteiger partial charge in [-0.15, -0.1) is 11.3 Å². The molecule has 26 heavy (non-hydrogen) atoms. The predicted molar refractivity (Wildman–Crippen MR) is 107 cm³/mol. The van der Waals surface area contributed by atoms with Gasteiger partial charge in [-0.1, -0.05) is 12.1 Å². The first-order chi connectivity index (χ1) is 12.7. The van der Waals surface area contributed by atoms with E-state index in [0.717, 1.165) is 56.5 Å². The van der Waals surface area contributed by atoms with Gasteiger partial charge in [0.2, 0.25) is 0 Å².